The van der Waals surface area contributed by atoms with Crippen molar-refractivity contribution in [1.29, 1.82) is 0 Å². The molecule has 0 N–H and O–H groups in total. The molecule has 0 saturated heterocycles. The number of rotatable bonds is 5. The highest BCUT2D eigenvalue weighted by Crippen LogP contribution is 2.30. The van der Waals surface area contributed by atoms with Crippen LogP contribution in [0.15, 0.2) is 53.3 Å². The Bertz CT molecular complexity index is 1570. The van der Waals surface area contributed by atoms with Crippen molar-refractivity contribution in [1.82, 2.24) is 14.3 Å². The molecule has 3 heterocycles. The van der Waals surface area contributed by atoms with Gasteiger partial charge in [0, 0.05) is 12.1 Å². The number of aromatic nitrogens is 2. The van der Waals surface area contributed by atoms with Gasteiger partial charge in [0.1, 0.15) is 18.7 Å². The van der Waals surface area contributed by atoms with E-state index in [1.807, 2.05) is 18.2 Å². The summed E-state index contributed by atoms with van der Waals surface area (Å²) in [6.45, 7) is -1.07. The van der Waals surface area contributed by atoms with Crippen LogP contribution < -0.4 is 5.56 Å². The number of carbonyl (C=O) groups excluding carboxylic acids is 3. The van der Waals surface area contributed by atoms with Crippen molar-refractivity contribution in [3.05, 3.63) is 85.8 Å². The zero-order valence-corrected chi connectivity index (χ0v) is 17.4. The van der Waals surface area contributed by atoms with Gasteiger partial charge in [-0.05, 0) is 18.2 Å². The summed E-state index contributed by atoms with van der Waals surface area (Å²) in [5.74, 6) is -2.69. The van der Waals surface area contributed by atoms with Crippen molar-refractivity contribution in [2.75, 3.05) is 6.54 Å². The summed E-state index contributed by atoms with van der Waals surface area (Å²) in [7, 11) is 0. The Morgan fingerprint density at radius 3 is 2.67 bits per heavy atom. The first-order valence-electron chi connectivity index (χ1n) is 9.54. The number of esters is 1. The highest BCUT2D eigenvalue weighted by atomic mass is 32.1. The molecule has 33 heavy (non-hydrogen) atoms. The summed E-state index contributed by atoms with van der Waals surface area (Å²) in [4.78, 5) is 65.7. The lowest BCUT2D eigenvalue weighted by Crippen LogP contribution is -2.35. The number of imide groups is 1. The van der Waals surface area contributed by atoms with Crippen LogP contribution in [-0.2, 0) is 16.1 Å². The molecule has 2 aromatic carbocycles. The van der Waals surface area contributed by atoms with E-state index in [1.165, 1.54) is 33.9 Å². The molecule has 2 aromatic heterocycles. The third-order valence-corrected chi connectivity index (χ3v) is 6.11. The van der Waals surface area contributed by atoms with Crippen LogP contribution in [0.1, 0.15) is 26.4 Å². The molecule has 0 bridgehead atoms. The molecule has 0 spiro atoms. The molecule has 5 rings (SSSR count). The van der Waals surface area contributed by atoms with E-state index in [4.69, 9.17) is 4.74 Å². The van der Waals surface area contributed by atoms with Gasteiger partial charge in [0.05, 0.1) is 26.4 Å². The van der Waals surface area contributed by atoms with Gasteiger partial charge in [0.2, 0.25) is 0 Å². The van der Waals surface area contributed by atoms with Gasteiger partial charge >= 0.3 is 5.97 Å². The summed E-state index contributed by atoms with van der Waals surface area (Å²) in [6, 6.07) is 12.2. The third kappa shape index (κ3) is 3.32. The second kappa shape index (κ2) is 7.60. The SMILES string of the molecule is O=C(CN1C(=O)c2cccc([N+](=O)[O-])c2C1=O)OCc1cc(=O)n2c(n1)sc1ccccc12. The standard InChI is InChI=1S/C21H12N4O7S/c26-16-8-11(22-21-24(16)13-5-1-2-7-15(13)33-21)10-32-17(27)9-23-19(28)12-4-3-6-14(25(30)31)18(12)20(23)29/h1-8H,9-10H2. The average molecular weight is 464 g/mol. The molecule has 0 atom stereocenters. The first kappa shape index (κ1) is 20.5. The molecule has 0 saturated carbocycles. The number of nitro groups is 1. The molecule has 0 aliphatic carbocycles. The number of nitrogens with zero attached hydrogens (tertiary/aromatic N) is 4. The van der Waals surface area contributed by atoms with Gasteiger partial charge in [0.25, 0.3) is 23.1 Å². The Hall–Kier alpha value is -4.45. The monoisotopic (exact) mass is 464 g/mol. The largest absolute Gasteiger partial charge is 0.458 e. The molecule has 12 heteroatoms. The van der Waals surface area contributed by atoms with E-state index in [0.29, 0.717) is 9.86 Å². The number of benzene rings is 2. The number of para-hydroxylation sites is 1. The van der Waals surface area contributed by atoms with E-state index in [2.05, 4.69) is 4.98 Å². The number of carbonyl (C=O) groups is 3. The van der Waals surface area contributed by atoms with Crippen molar-refractivity contribution in [2.24, 2.45) is 0 Å². The summed E-state index contributed by atoms with van der Waals surface area (Å²) in [5.41, 5.74) is -0.424. The predicted octanol–water partition coefficient (Wildman–Crippen LogP) is 2.16. The summed E-state index contributed by atoms with van der Waals surface area (Å²) in [6.07, 6.45) is 0. The molecule has 11 nitrogen and oxygen atoms in total. The topological polar surface area (TPSA) is 141 Å². The highest BCUT2D eigenvalue weighted by molar-refractivity contribution is 7.23. The number of hydrogen-bond acceptors (Lipinski definition) is 9. The first-order chi connectivity index (χ1) is 15.8. The Kier molecular flexibility index (Phi) is 4.71. The maximum absolute atomic E-state index is 12.6. The molecule has 0 fully saturated rings. The van der Waals surface area contributed by atoms with Crippen molar-refractivity contribution < 1.29 is 24.0 Å². The maximum Gasteiger partial charge on any atom is 0.326 e. The Morgan fingerprint density at radius 1 is 1.09 bits per heavy atom. The Labute approximate surface area is 187 Å². The van der Waals surface area contributed by atoms with E-state index >= 15 is 0 Å². The van der Waals surface area contributed by atoms with Crippen LogP contribution in [0, 0.1) is 10.1 Å². The third-order valence-electron chi connectivity index (χ3n) is 5.09. The van der Waals surface area contributed by atoms with Crippen molar-refractivity contribution in [3.8, 4) is 0 Å². The smallest absolute Gasteiger partial charge is 0.326 e. The second-order valence-corrected chi connectivity index (χ2v) is 8.10. The van der Waals surface area contributed by atoms with Gasteiger partial charge in [-0.1, -0.05) is 29.5 Å². The van der Waals surface area contributed by atoms with Gasteiger partial charge in [0.15, 0.2) is 4.96 Å². The number of amides is 2. The summed E-state index contributed by atoms with van der Waals surface area (Å²) < 4.78 is 7.44. The normalized spacial score (nSPS) is 13.0. The number of ether oxygens (including phenoxy) is 1. The second-order valence-electron chi connectivity index (χ2n) is 7.09. The van der Waals surface area contributed by atoms with Crippen LogP contribution in [0.4, 0.5) is 5.69 Å². The molecule has 1 aliphatic heterocycles. The predicted molar refractivity (Wildman–Crippen MR) is 115 cm³/mol. The van der Waals surface area contributed by atoms with Crippen LogP contribution in [0.5, 0.6) is 0 Å². The van der Waals surface area contributed by atoms with E-state index in [9.17, 15) is 29.3 Å². The van der Waals surface area contributed by atoms with Crippen LogP contribution in [-0.4, -0.2) is 43.5 Å². The molecule has 0 radical (unpaired) electrons. The lowest BCUT2D eigenvalue weighted by molar-refractivity contribution is -0.385. The average Bonchev–Trinajstić information content (AvgIpc) is 3.28. The Balaban J connectivity index is 1.33. The molecular formula is C21H12N4O7S. The minimum atomic E-state index is -0.942. The number of hydrogen-bond donors (Lipinski definition) is 0. The Morgan fingerprint density at radius 2 is 1.88 bits per heavy atom. The van der Waals surface area contributed by atoms with Crippen molar-refractivity contribution >= 4 is 50.0 Å². The van der Waals surface area contributed by atoms with E-state index in [-0.39, 0.29) is 29.0 Å². The van der Waals surface area contributed by atoms with E-state index in [0.717, 1.165) is 16.3 Å². The fraction of sp³-hybridized carbons (Fsp3) is 0.0952. The summed E-state index contributed by atoms with van der Waals surface area (Å²) in [5, 5.41) is 11.2. The highest BCUT2D eigenvalue weighted by Gasteiger charge is 2.41. The van der Waals surface area contributed by atoms with Gasteiger partial charge in [-0.25, -0.2) is 4.98 Å². The van der Waals surface area contributed by atoms with Gasteiger partial charge in [-0.2, -0.15) is 0 Å². The zero-order chi connectivity index (χ0) is 23.3. The van der Waals surface area contributed by atoms with Gasteiger partial charge in [-0.3, -0.25) is 38.6 Å². The zero-order valence-electron chi connectivity index (χ0n) is 16.6. The fourth-order valence-corrected chi connectivity index (χ4v) is 4.69. The van der Waals surface area contributed by atoms with Gasteiger partial charge < -0.3 is 4.74 Å². The quantitative estimate of drug-likeness (QED) is 0.189. The molecule has 1 aliphatic rings. The minimum absolute atomic E-state index is 0.146. The lowest BCUT2D eigenvalue weighted by atomic mass is 10.1. The fourth-order valence-electron chi connectivity index (χ4n) is 3.64. The maximum atomic E-state index is 12.6. The molecule has 0 unspecified atom stereocenters. The number of fused-ring (bicyclic) bond motifs is 4. The molecule has 4 aromatic rings. The summed E-state index contributed by atoms with van der Waals surface area (Å²) >= 11 is 1.31. The van der Waals surface area contributed by atoms with Crippen LogP contribution in [0.25, 0.3) is 15.2 Å². The van der Waals surface area contributed by atoms with Crippen molar-refractivity contribution in [3.63, 3.8) is 0 Å². The number of thiazole rings is 1. The van der Waals surface area contributed by atoms with E-state index in [1.54, 1.807) is 6.07 Å². The van der Waals surface area contributed by atoms with Crippen molar-refractivity contribution in [2.45, 2.75) is 6.61 Å². The molecule has 2 amide bonds. The van der Waals surface area contributed by atoms with E-state index < -0.39 is 34.9 Å². The first-order valence-corrected chi connectivity index (χ1v) is 10.4. The molecule has 164 valence electrons. The molecular weight excluding hydrogens is 452 g/mol. The van der Waals surface area contributed by atoms with Crippen LogP contribution in [0.3, 0.4) is 0 Å². The lowest BCUT2D eigenvalue weighted by Gasteiger charge is -2.12. The van der Waals surface area contributed by atoms with Gasteiger partial charge in [-0.15, -0.1) is 0 Å². The van der Waals surface area contributed by atoms with Crippen LogP contribution >= 0.6 is 11.3 Å². The number of nitro benzene ring substituents is 1. The van der Waals surface area contributed by atoms with Crippen LogP contribution in [0.2, 0.25) is 0 Å². The minimum Gasteiger partial charge on any atom is -0.458 e.